The number of esters is 2. The summed E-state index contributed by atoms with van der Waals surface area (Å²) < 4.78 is 54.3. The largest absolute Gasteiger partial charge is 0.479 e. The number of aliphatic hydroxyl groups is 10. The van der Waals surface area contributed by atoms with E-state index in [2.05, 4.69) is 40.7 Å². The topological polar surface area (TPSA) is 357 Å². The molecule has 0 aromatic carbocycles. The predicted molar refractivity (Wildman–Crippen MR) is 261 cm³/mol. The van der Waals surface area contributed by atoms with Gasteiger partial charge in [-0.25, -0.2) is 4.79 Å². The van der Waals surface area contributed by atoms with Gasteiger partial charge in [-0.2, -0.15) is 0 Å². The zero-order valence-electron chi connectivity index (χ0n) is 45.5. The highest BCUT2D eigenvalue weighted by molar-refractivity contribution is 5.74. The fourth-order valence-corrected chi connectivity index (χ4v) is 16.5. The summed E-state index contributed by atoms with van der Waals surface area (Å²) in [6.07, 6.45) is -22.8. The Kier molecular flexibility index (Phi) is 16.1. The van der Waals surface area contributed by atoms with E-state index in [1.165, 1.54) is 12.5 Å². The van der Waals surface area contributed by atoms with Gasteiger partial charge in [0.25, 0.3) is 0 Å². The second-order valence-electron chi connectivity index (χ2n) is 25.8. The third kappa shape index (κ3) is 9.25. The molecule has 4 saturated heterocycles. The highest BCUT2D eigenvalue weighted by atomic mass is 16.8. The summed E-state index contributed by atoms with van der Waals surface area (Å²) in [6.45, 7) is 15.8. The fourth-order valence-electron chi connectivity index (χ4n) is 16.5. The van der Waals surface area contributed by atoms with E-state index in [0.29, 0.717) is 44.9 Å². The molecule has 0 aromatic rings. The molecular formula is C54H84O23. The zero-order valence-corrected chi connectivity index (χ0v) is 45.5. The number of carboxylic acids is 1. The molecule has 23 nitrogen and oxygen atoms in total. The van der Waals surface area contributed by atoms with E-state index in [1.807, 2.05) is 6.92 Å². The number of aliphatic carboxylic acids is 1. The van der Waals surface area contributed by atoms with E-state index in [0.717, 1.165) is 0 Å². The van der Waals surface area contributed by atoms with E-state index >= 15 is 0 Å². The number of rotatable bonds is 14. The standard InChI is InChI=1S/C54H84O23/c1-22(23(2)71-24(3)57)45(68)70-21-54-26-16-49(4,5)43(42(54)65)73-32(54)17-53(9)25(26)10-11-30-50(6)14-13-31(51(7,20-56)29(50)12-15-52(30,53)8)74-48-40(76-46-36(62)33(59)27(58)19-69-46)38(64)39(41(77-48)44(66)67)75-47-37(63)35(61)34(60)28(18-55)72-47/h10,22-23,26-43,46-48,55-56,58-65H,11-21H2,1-9H3,(H,66,67)/t22?,23?,26-,27+,28+,29+,30+,31-,32+,33-,34+,35-,36+,37+,38-,39-,40+,41-,42+,43+,46-,47-,48+,50-,51+,52+,53+,54-/m0/s1. The SMILES string of the molecule is CC(=O)OC(C)C(C)C(=O)OC[C@@]12[C@H](O)[C@H]3O[C@@H]1C[C@]1(C)C(=CC[C@@H]4[C@@]5(C)CC[C@H](O[C@@H]6O[C@H](C(=O)O)[C@@H](O[C@@H]7O[C@H](CO)[C@@H](O)[C@H](O)[C@H]7O)[C@H](O)[C@H]6O[C@@H]6OC[C@@H](O)[C@H](O)[C@H]6O)[C@](C)(CO)[C@@H]5CC[C@]41C)[C@@H]2CC3(C)C. The average molecular weight is 1100 g/mol. The Labute approximate surface area is 448 Å². The normalized spacial score (nSPS) is 51.7. The summed E-state index contributed by atoms with van der Waals surface area (Å²) in [4.78, 5) is 38.4. The molecular weight excluding hydrogens is 1020 g/mol. The van der Waals surface area contributed by atoms with Gasteiger partial charge < -0.3 is 98.8 Å². The molecule has 0 radical (unpaired) electrons. The van der Waals surface area contributed by atoms with Crippen molar-refractivity contribution in [2.75, 3.05) is 26.4 Å². The fraction of sp³-hybridized carbons (Fsp3) is 0.907. The summed E-state index contributed by atoms with van der Waals surface area (Å²) >= 11 is 0. The Hall–Kier alpha value is -2.53. The number of hydrogen-bond acceptors (Lipinski definition) is 22. The van der Waals surface area contributed by atoms with Gasteiger partial charge in [-0.3, -0.25) is 9.59 Å². The van der Waals surface area contributed by atoms with E-state index in [-0.39, 0.29) is 36.4 Å². The van der Waals surface area contributed by atoms with Crippen LogP contribution in [0.5, 0.6) is 0 Å². The lowest BCUT2D eigenvalue weighted by Crippen LogP contribution is -2.69. The van der Waals surface area contributed by atoms with E-state index in [1.54, 1.807) is 13.8 Å². The smallest absolute Gasteiger partial charge is 0.335 e. The number of fused-ring (bicyclic) bond motifs is 7. The lowest BCUT2D eigenvalue weighted by atomic mass is 9.33. The molecule has 77 heavy (non-hydrogen) atoms. The summed E-state index contributed by atoms with van der Waals surface area (Å²) in [6, 6.07) is 0. The first-order chi connectivity index (χ1) is 36.0. The molecule has 4 aliphatic heterocycles. The lowest BCUT2D eigenvalue weighted by molar-refractivity contribution is -0.387. The molecule has 2 unspecified atom stereocenters. The van der Waals surface area contributed by atoms with Gasteiger partial charge in [-0.15, -0.1) is 0 Å². The van der Waals surface area contributed by atoms with Gasteiger partial charge in [0, 0.05) is 12.3 Å². The summed E-state index contributed by atoms with van der Waals surface area (Å²) in [5, 5.41) is 120. The quantitative estimate of drug-likeness (QED) is 0.0588. The van der Waals surface area contributed by atoms with Crippen molar-refractivity contribution >= 4 is 17.9 Å². The third-order valence-electron chi connectivity index (χ3n) is 21.3. The van der Waals surface area contributed by atoms with Crippen molar-refractivity contribution in [3.63, 3.8) is 0 Å². The summed E-state index contributed by atoms with van der Waals surface area (Å²) in [5.41, 5.74) is -2.40. The van der Waals surface area contributed by atoms with Crippen LogP contribution in [-0.4, -0.2) is 217 Å². The van der Waals surface area contributed by atoms with Crippen LogP contribution < -0.4 is 0 Å². The van der Waals surface area contributed by atoms with Crippen LogP contribution >= 0.6 is 0 Å². The minimum Gasteiger partial charge on any atom is -0.479 e. The number of carbonyl (C=O) groups is 3. The Bertz CT molecular complexity index is 2230. The summed E-state index contributed by atoms with van der Waals surface area (Å²) in [7, 11) is 0. The highest BCUT2D eigenvalue weighted by Gasteiger charge is 2.76. The predicted octanol–water partition coefficient (Wildman–Crippen LogP) is -0.586. The van der Waals surface area contributed by atoms with E-state index < -0.39 is 181 Å². The van der Waals surface area contributed by atoms with Crippen LogP contribution in [0.15, 0.2) is 11.6 Å². The second-order valence-corrected chi connectivity index (χ2v) is 25.8. The molecule has 4 heterocycles. The van der Waals surface area contributed by atoms with Crippen molar-refractivity contribution in [2.24, 2.45) is 56.2 Å². The first-order valence-electron chi connectivity index (χ1n) is 27.4. The van der Waals surface area contributed by atoms with E-state index in [9.17, 15) is 70.6 Å². The van der Waals surface area contributed by atoms with Crippen molar-refractivity contribution in [2.45, 2.75) is 224 Å². The molecule has 28 atom stereocenters. The summed E-state index contributed by atoms with van der Waals surface area (Å²) in [5.74, 6) is -3.82. The number of carbonyl (C=O) groups excluding carboxylic acids is 2. The Balaban J connectivity index is 0.998. The van der Waals surface area contributed by atoms with Crippen molar-refractivity contribution in [1.82, 2.24) is 0 Å². The van der Waals surface area contributed by atoms with Gasteiger partial charge in [0.1, 0.15) is 73.8 Å². The molecule has 11 N–H and O–H groups in total. The molecule has 8 fully saturated rings. The van der Waals surface area contributed by atoms with Crippen molar-refractivity contribution in [3.05, 3.63) is 11.6 Å². The van der Waals surface area contributed by atoms with Gasteiger partial charge in [-0.05, 0) is 98.2 Å². The van der Waals surface area contributed by atoms with Gasteiger partial charge in [0.15, 0.2) is 25.0 Å². The number of allylic oxidation sites excluding steroid dienone is 2. The van der Waals surface area contributed by atoms with Crippen LogP contribution in [0, 0.1) is 56.2 Å². The number of aliphatic hydroxyl groups excluding tert-OH is 10. The van der Waals surface area contributed by atoms with Gasteiger partial charge in [0.05, 0.1) is 55.6 Å². The van der Waals surface area contributed by atoms with Crippen molar-refractivity contribution in [3.8, 4) is 0 Å². The molecule has 4 saturated carbocycles. The van der Waals surface area contributed by atoms with Gasteiger partial charge >= 0.3 is 17.9 Å². The molecule has 5 aliphatic carbocycles. The molecule has 2 bridgehead atoms. The van der Waals surface area contributed by atoms with Crippen molar-refractivity contribution < 1.29 is 113 Å². The maximum absolute atomic E-state index is 13.6. The van der Waals surface area contributed by atoms with Crippen LogP contribution in [0.3, 0.4) is 0 Å². The maximum atomic E-state index is 13.6. The van der Waals surface area contributed by atoms with Crippen LogP contribution in [0.1, 0.15) is 107 Å². The Morgan fingerprint density at radius 2 is 1.43 bits per heavy atom. The molecule has 0 aromatic heterocycles. The minimum atomic E-state index is -2.09. The number of carboxylic acid groups (broad SMARTS) is 1. The molecule has 0 amide bonds. The second kappa shape index (κ2) is 21.0. The van der Waals surface area contributed by atoms with Gasteiger partial charge in [0.2, 0.25) is 0 Å². The average Bonchev–Trinajstić information content (AvgIpc) is 3.95. The zero-order chi connectivity index (χ0) is 56.4. The molecule has 0 spiro atoms. The lowest BCUT2D eigenvalue weighted by Gasteiger charge is -2.71. The minimum absolute atomic E-state index is 0.0482. The highest BCUT2D eigenvalue weighted by Crippen LogP contribution is 2.77. The Morgan fingerprint density at radius 3 is 2.08 bits per heavy atom. The van der Waals surface area contributed by atoms with Crippen LogP contribution in [-0.2, 0) is 57.0 Å². The van der Waals surface area contributed by atoms with Crippen LogP contribution in [0.4, 0.5) is 0 Å². The number of ether oxygens (including phenoxy) is 9. The maximum Gasteiger partial charge on any atom is 0.335 e. The Morgan fingerprint density at radius 1 is 0.753 bits per heavy atom. The first-order valence-corrected chi connectivity index (χ1v) is 27.4. The molecule has 438 valence electrons. The molecule has 9 aliphatic rings. The first kappa shape index (κ1) is 59.1. The van der Waals surface area contributed by atoms with E-state index in [4.69, 9.17) is 42.6 Å². The van der Waals surface area contributed by atoms with Crippen LogP contribution in [0.25, 0.3) is 0 Å². The van der Waals surface area contributed by atoms with Crippen molar-refractivity contribution in [1.29, 1.82) is 0 Å². The van der Waals surface area contributed by atoms with Crippen LogP contribution in [0.2, 0.25) is 0 Å². The molecule has 9 rings (SSSR count). The third-order valence-corrected chi connectivity index (χ3v) is 21.3. The monoisotopic (exact) mass is 1100 g/mol. The van der Waals surface area contributed by atoms with Gasteiger partial charge in [-0.1, -0.05) is 53.2 Å². The number of hydrogen-bond donors (Lipinski definition) is 11. The molecule has 23 heteroatoms.